The first-order chi connectivity index (χ1) is 20.5. The molecular formula is C32H29F2N5O4. The van der Waals surface area contributed by atoms with Gasteiger partial charge in [0.25, 0.3) is 5.91 Å². The number of carbonyl (C=O) groups excluding carboxylic acids is 3. The molecule has 3 amide bonds. The molecule has 0 bridgehead atoms. The van der Waals surface area contributed by atoms with Gasteiger partial charge >= 0.3 is 0 Å². The second kappa shape index (κ2) is 10.4. The van der Waals surface area contributed by atoms with Crippen molar-refractivity contribution in [2.45, 2.75) is 44.2 Å². The van der Waals surface area contributed by atoms with Crippen molar-refractivity contribution in [3.63, 3.8) is 0 Å². The Bertz CT molecular complexity index is 1810. The number of hydrogen-bond acceptors (Lipinski definition) is 5. The fraction of sp³-hybridized carbons (Fsp3) is 0.312. The number of likely N-dealkylation sites (N-methyl/N-ethyl adjacent to an activating group) is 1. The van der Waals surface area contributed by atoms with Crippen LogP contribution in [0.25, 0.3) is 22.0 Å². The zero-order valence-corrected chi connectivity index (χ0v) is 23.8. The molecule has 2 aliphatic heterocycles. The lowest BCUT2D eigenvalue weighted by molar-refractivity contribution is -0.136. The van der Waals surface area contributed by atoms with E-state index in [1.807, 2.05) is 32.0 Å². The minimum atomic E-state index is -1.14. The topological polar surface area (TPSA) is 122 Å². The molecule has 6 rings (SSSR count). The molecule has 43 heavy (non-hydrogen) atoms. The third-order valence-electron chi connectivity index (χ3n) is 8.51. The summed E-state index contributed by atoms with van der Waals surface area (Å²) in [5.41, 5.74) is 1.95. The number of fused-ring (bicyclic) bond motifs is 3. The number of hydrogen-bond donors (Lipinski definition) is 2. The van der Waals surface area contributed by atoms with Crippen molar-refractivity contribution >= 4 is 34.3 Å². The zero-order chi connectivity index (χ0) is 30.6. The monoisotopic (exact) mass is 585 g/mol. The minimum absolute atomic E-state index is 0.00541. The Labute approximate surface area is 246 Å². The Morgan fingerprint density at radius 2 is 1.98 bits per heavy atom. The Hall–Kier alpha value is -4.98. The molecule has 0 radical (unpaired) electrons. The minimum Gasteiger partial charge on any atom is -0.472 e. The van der Waals surface area contributed by atoms with E-state index < -0.39 is 40.9 Å². The summed E-state index contributed by atoms with van der Waals surface area (Å²) < 4.78 is 33.3. The molecule has 1 saturated heterocycles. The van der Waals surface area contributed by atoms with Crippen LogP contribution in [0.2, 0.25) is 0 Å². The lowest BCUT2D eigenvalue weighted by Gasteiger charge is -2.33. The highest BCUT2D eigenvalue weighted by molar-refractivity contribution is 6.08. The highest BCUT2D eigenvalue weighted by Gasteiger charge is 2.57. The highest BCUT2D eigenvalue weighted by Crippen LogP contribution is 2.48. The van der Waals surface area contributed by atoms with Crippen LogP contribution in [0.15, 0.2) is 59.4 Å². The number of nitriles is 1. The summed E-state index contributed by atoms with van der Waals surface area (Å²) in [6.45, 7) is 3.78. The second-order valence-corrected chi connectivity index (χ2v) is 11.7. The Balaban J connectivity index is 1.33. The van der Waals surface area contributed by atoms with Gasteiger partial charge in [-0.15, -0.1) is 0 Å². The Kier molecular flexibility index (Phi) is 6.80. The summed E-state index contributed by atoms with van der Waals surface area (Å²) >= 11 is 0. The van der Waals surface area contributed by atoms with Gasteiger partial charge in [-0.1, -0.05) is 19.9 Å². The molecule has 3 atom stereocenters. The van der Waals surface area contributed by atoms with Gasteiger partial charge in [-0.05, 0) is 53.8 Å². The Morgan fingerprint density at radius 1 is 1.19 bits per heavy atom. The number of likely N-dealkylation sites (tertiary alicyclic amines) is 1. The molecule has 9 nitrogen and oxygen atoms in total. The molecule has 0 aliphatic carbocycles. The van der Waals surface area contributed by atoms with Gasteiger partial charge in [-0.2, -0.15) is 5.26 Å². The second-order valence-electron chi connectivity index (χ2n) is 11.7. The van der Waals surface area contributed by atoms with Gasteiger partial charge in [0.15, 0.2) is 0 Å². The molecule has 0 unspecified atom stereocenters. The van der Waals surface area contributed by atoms with E-state index in [1.165, 1.54) is 22.9 Å². The molecule has 4 heterocycles. The lowest BCUT2D eigenvalue weighted by Crippen LogP contribution is -2.52. The van der Waals surface area contributed by atoms with Gasteiger partial charge in [-0.25, -0.2) is 8.78 Å². The molecule has 11 heteroatoms. The summed E-state index contributed by atoms with van der Waals surface area (Å²) in [6.07, 6.45) is 3.53. The number of carbonyl (C=O) groups is 3. The van der Waals surface area contributed by atoms with Crippen LogP contribution in [0.3, 0.4) is 0 Å². The van der Waals surface area contributed by atoms with Gasteiger partial charge in [0.05, 0.1) is 29.5 Å². The van der Waals surface area contributed by atoms with Crippen molar-refractivity contribution < 1.29 is 27.6 Å². The van der Waals surface area contributed by atoms with E-state index >= 15 is 0 Å². The maximum absolute atomic E-state index is 14.3. The fourth-order valence-electron chi connectivity index (χ4n) is 6.30. The first-order valence-corrected chi connectivity index (χ1v) is 14.0. The van der Waals surface area contributed by atoms with E-state index in [9.17, 15) is 28.4 Å². The Morgan fingerprint density at radius 3 is 2.67 bits per heavy atom. The maximum Gasteiger partial charge on any atom is 0.270 e. The SMILES string of the molecule is CC(C)C[C@@H](C(=O)N1C[C@]2(C[C@H]1C#N)C(=O)Nc1ccc(-c3ccoc3)cc12)N(C)C(=O)c1cc2c(F)cc(F)cc2[nH]1. The van der Waals surface area contributed by atoms with E-state index in [0.717, 1.165) is 23.3 Å². The molecule has 1 spiro atoms. The van der Waals surface area contributed by atoms with E-state index in [1.54, 1.807) is 18.6 Å². The maximum atomic E-state index is 14.3. The first kappa shape index (κ1) is 28.2. The van der Waals surface area contributed by atoms with Crippen LogP contribution < -0.4 is 5.32 Å². The summed E-state index contributed by atoms with van der Waals surface area (Å²) in [6, 6.07) is 10.8. The predicted molar refractivity (Wildman–Crippen MR) is 154 cm³/mol. The van der Waals surface area contributed by atoms with E-state index in [-0.39, 0.29) is 47.8 Å². The van der Waals surface area contributed by atoms with Crippen LogP contribution in [-0.4, -0.2) is 58.2 Å². The van der Waals surface area contributed by atoms with Gasteiger partial charge in [0, 0.05) is 42.7 Å². The fourth-order valence-corrected chi connectivity index (χ4v) is 6.30. The number of furan rings is 1. The van der Waals surface area contributed by atoms with Crippen LogP contribution in [-0.2, 0) is 15.0 Å². The van der Waals surface area contributed by atoms with Crippen molar-refractivity contribution in [3.8, 4) is 17.2 Å². The number of aromatic nitrogens is 1. The molecule has 220 valence electrons. The van der Waals surface area contributed by atoms with Gasteiger partial charge < -0.3 is 24.5 Å². The number of rotatable bonds is 6. The van der Waals surface area contributed by atoms with Crippen molar-refractivity contribution in [1.29, 1.82) is 5.26 Å². The van der Waals surface area contributed by atoms with Crippen LogP contribution in [0.1, 0.15) is 42.7 Å². The molecule has 2 aromatic carbocycles. The van der Waals surface area contributed by atoms with E-state index in [0.29, 0.717) is 11.3 Å². The average Bonchev–Trinajstić information content (AvgIpc) is 3.77. The standard InChI is InChI=1S/C32H29F2N5O4/c1-17(2)8-28(38(3)29(40)27-12-22-24(34)10-20(33)11-26(22)36-27)30(41)39-16-32(13-21(39)14-35)23-9-18(19-6-7-43-15-19)4-5-25(23)37-31(32)42/h4-7,9-12,15,17,21,28,36H,8,13,16H2,1-3H3,(H,37,42)/t21-,28-,32-/m0/s1. The van der Waals surface area contributed by atoms with E-state index in [2.05, 4.69) is 16.4 Å². The first-order valence-electron chi connectivity index (χ1n) is 14.0. The van der Waals surface area contributed by atoms with Gasteiger partial charge in [-0.3, -0.25) is 14.4 Å². The number of nitrogens with one attached hydrogen (secondary N) is 2. The normalized spacial score (nSPS) is 20.0. The van der Waals surface area contributed by atoms with Crippen LogP contribution in [0.5, 0.6) is 0 Å². The number of H-pyrrole nitrogens is 1. The predicted octanol–water partition coefficient (Wildman–Crippen LogP) is 5.21. The summed E-state index contributed by atoms with van der Waals surface area (Å²) in [5.74, 6) is -2.96. The smallest absolute Gasteiger partial charge is 0.270 e. The number of anilines is 1. The van der Waals surface area contributed by atoms with Crippen LogP contribution >= 0.6 is 0 Å². The number of halogens is 2. The quantitative estimate of drug-likeness (QED) is 0.322. The lowest BCUT2D eigenvalue weighted by atomic mass is 9.79. The largest absolute Gasteiger partial charge is 0.472 e. The summed E-state index contributed by atoms with van der Waals surface area (Å²) in [7, 11) is 1.47. The van der Waals surface area contributed by atoms with Gasteiger partial charge in [0.1, 0.15) is 29.4 Å². The summed E-state index contributed by atoms with van der Waals surface area (Å²) in [5, 5.41) is 13.1. The number of amides is 3. The zero-order valence-electron chi connectivity index (χ0n) is 23.8. The van der Waals surface area contributed by atoms with Crippen molar-refractivity contribution in [3.05, 3.63) is 77.9 Å². The highest BCUT2D eigenvalue weighted by atomic mass is 19.1. The molecular weight excluding hydrogens is 556 g/mol. The third-order valence-corrected chi connectivity index (χ3v) is 8.51. The number of nitrogens with zero attached hydrogens (tertiary/aromatic N) is 3. The average molecular weight is 586 g/mol. The molecule has 1 fully saturated rings. The van der Waals surface area contributed by atoms with Crippen LogP contribution in [0, 0.1) is 28.9 Å². The van der Waals surface area contributed by atoms with Crippen molar-refractivity contribution in [1.82, 2.24) is 14.8 Å². The van der Waals surface area contributed by atoms with Crippen LogP contribution in [0.4, 0.5) is 14.5 Å². The van der Waals surface area contributed by atoms with Crippen molar-refractivity contribution in [2.24, 2.45) is 5.92 Å². The molecule has 4 aromatic rings. The molecule has 0 saturated carbocycles. The molecule has 2 N–H and O–H groups in total. The third kappa shape index (κ3) is 4.63. The number of aromatic amines is 1. The van der Waals surface area contributed by atoms with E-state index in [4.69, 9.17) is 4.42 Å². The molecule has 2 aromatic heterocycles. The van der Waals surface area contributed by atoms with Gasteiger partial charge in [0.2, 0.25) is 11.8 Å². The summed E-state index contributed by atoms with van der Waals surface area (Å²) in [4.78, 5) is 46.7. The molecule has 2 aliphatic rings. The van der Waals surface area contributed by atoms with Crippen molar-refractivity contribution in [2.75, 3.05) is 18.9 Å². The number of benzene rings is 2.